The van der Waals surface area contributed by atoms with E-state index < -0.39 is 0 Å². The zero-order valence-electron chi connectivity index (χ0n) is 13.0. The van der Waals surface area contributed by atoms with Gasteiger partial charge in [-0.3, -0.25) is 14.5 Å². The normalized spacial score (nSPS) is 19.0. The molecule has 2 amide bonds. The van der Waals surface area contributed by atoms with Crippen molar-refractivity contribution in [1.82, 2.24) is 10.2 Å². The maximum absolute atomic E-state index is 12.4. The van der Waals surface area contributed by atoms with Gasteiger partial charge in [-0.25, -0.2) is 0 Å². The van der Waals surface area contributed by atoms with Crippen LogP contribution in [-0.4, -0.2) is 28.8 Å². The molecule has 1 fully saturated rings. The van der Waals surface area contributed by atoms with Gasteiger partial charge in [-0.2, -0.15) is 0 Å². The number of imide groups is 1. The standard InChI is InChI=1S/C16H24N2O2S/c1-4-11-7-8-21-14(11)10-17-13-9-15(19)18(16(13)20)12(5-2)6-3/h7-8,12-13,17H,4-6,9-10H2,1-3H3. The van der Waals surface area contributed by atoms with Crippen molar-refractivity contribution in [3.63, 3.8) is 0 Å². The number of hydrogen-bond donors (Lipinski definition) is 1. The van der Waals surface area contributed by atoms with E-state index in [0.29, 0.717) is 13.0 Å². The first-order chi connectivity index (χ1) is 10.1. The number of carbonyl (C=O) groups is 2. The van der Waals surface area contributed by atoms with Crippen molar-refractivity contribution in [3.8, 4) is 0 Å². The second-order valence-electron chi connectivity index (χ2n) is 5.43. The van der Waals surface area contributed by atoms with E-state index in [0.717, 1.165) is 19.3 Å². The van der Waals surface area contributed by atoms with Crippen molar-refractivity contribution in [2.45, 2.75) is 65.1 Å². The molecule has 0 aliphatic carbocycles. The van der Waals surface area contributed by atoms with Crippen LogP contribution in [0.3, 0.4) is 0 Å². The molecule has 0 spiro atoms. The first-order valence-corrected chi connectivity index (χ1v) is 8.64. The Hall–Kier alpha value is -1.20. The van der Waals surface area contributed by atoms with Crippen LogP contribution in [0.1, 0.15) is 50.5 Å². The average molecular weight is 308 g/mol. The Morgan fingerprint density at radius 2 is 2.05 bits per heavy atom. The van der Waals surface area contributed by atoms with E-state index >= 15 is 0 Å². The highest BCUT2D eigenvalue weighted by Crippen LogP contribution is 2.22. The Bertz CT molecular complexity index is 508. The largest absolute Gasteiger partial charge is 0.300 e. The summed E-state index contributed by atoms with van der Waals surface area (Å²) in [7, 11) is 0. The summed E-state index contributed by atoms with van der Waals surface area (Å²) in [6.07, 6.45) is 2.94. The van der Waals surface area contributed by atoms with E-state index in [1.54, 1.807) is 11.3 Å². The van der Waals surface area contributed by atoms with Gasteiger partial charge in [0.2, 0.25) is 11.8 Å². The van der Waals surface area contributed by atoms with Gasteiger partial charge in [0.05, 0.1) is 12.5 Å². The van der Waals surface area contributed by atoms with Crippen LogP contribution in [0.25, 0.3) is 0 Å². The number of aryl methyl sites for hydroxylation is 1. The van der Waals surface area contributed by atoms with E-state index in [2.05, 4.69) is 23.7 Å². The number of carbonyl (C=O) groups excluding carboxylic acids is 2. The highest BCUT2D eigenvalue weighted by atomic mass is 32.1. The molecule has 1 atom stereocenters. The van der Waals surface area contributed by atoms with Crippen LogP contribution in [0.4, 0.5) is 0 Å². The quantitative estimate of drug-likeness (QED) is 0.788. The fourth-order valence-corrected chi connectivity index (χ4v) is 3.83. The van der Waals surface area contributed by atoms with Crippen LogP contribution in [0.5, 0.6) is 0 Å². The Morgan fingerprint density at radius 1 is 1.33 bits per heavy atom. The zero-order valence-corrected chi connectivity index (χ0v) is 13.8. The van der Waals surface area contributed by atoms with Crippen LogP contribution in [0, 0.1) is 0 Å². The molecule has 1 saturated heterocycles. The molecule has 1 aliphatic heterocycles. The van der Waals surface area contributed by atoms with Gasteiger partial charge in [0.1, 0.15) is 0 Å². The average Bonchev–Trinajstić information content (AvgIpc) is 3.05. The van der Waals surface area contributed by atoms with Crippen molar-refractivity contribution in [1.29, 1.82) is 0 Å². The summed E-state index contributed by atoms with van der Waals surface area (Å²) in [5, 5.41) is 5.35. The molecule has 2 heterocycles. The highest BCUT2D eigenvalue weighted by Gasteiger charge is 2.41. The van der Waals surface area contributed by atoms with Gasteiger partial charge >= 0.3 is 0 Å². The molecule has 1 aromatic rings. The monoisotopic (exact) mass is 308 g/mol. The molecule has 1 aliphatic rings. The molecule has 4 nitrogen and oxygen atoms in total. The summed E-state index contributed by atoms with van der Waals surface area (Å²) >= 11 is 1.70. The smallest absolute Gasteiger partial charge is 0.247 e. The van der Waals surface area contributed by atoms with Crippen molar-refractivity contribution in [2.24, 2.45) is 0 Å². The first kappa shape index (κ1) is 16.2. The first-order valence-electron chi connectivity index (χ1n) is 7.76. The Kier molecular flexibility index (Phi) is 5.53. The van der Waals surface area contributed by atoms with Crippen LogP contribution in [-0.2, 0) is 22.6 Å². The van der Waals surface area contributed by atoms with E-state index in [1.807, 2.05) is 13.8 Å². The summed E-state index contributed by atoms with van der Waals surface area (Å²) in [6.45, 7) is 6.84. The van der Waals surface area contributed by atoms with Gasteiger partial charge in [-0.15, -0.1) is 11.3 Å². The molecular formula is C16H24N2O2S. The van der Waals surface area contributed by atoms with E-state index in [-0.39, 0.29) is 23.9 Å². The van der Waals surface area contributed by atoms with Crippen molar-refractivity contribution >= 4 is 23.2 Å². The molecule has 116 valence electrons. The maximum Gasteiger partial charge on any atom is 0.247 e. The van der Waals surface area contributed by atoms with Gasteiger partial charge in [-0.05, 0) is 36.3 Å². The van der Waals surface area contributed by atoms with Crippen molar-refractivity contribution in [2.75, 3.05) is 0 Å². The molecule has 5 heteroatoms. The number of thiophene rings is 1. The lowest BCUT2D eigenvalue weighted by atomic mass is 10.1. The summed E-state index contributed by atoms with van der Waals surface area (Å²) in [5.41, 5.74) is 1.32. The van der Waals surface area contributed by atoms with Crippen LogP contribution >= 0.6 is 11.3 Å². The minimum absolute atomic E-state index is 0.0342. The topological polar surface area (TPSA) is 49.4 Å². The summed E-state index contributed by atoms with van der Waals surface area (Å²) in [4.78, 5) is 27.3. The van der Waals surface area contributed by atoms with Crippen LogP contribution in [0.2, 0.25) is 0 Å². The third-order valence-electron chi connectivity index (χ3n) is 4.22. The number of nitrogens with one attached hydrogen (secondary N) is 1. The van der Waals surface area contributed by atoms with Gasteiger partial charge in [0.25, 0.3) is 0 Å². The minimum Gasteiger partial charge on any atom is -0.300 e. The molecule has 1 aromatic heterocycles. The third-order valence-corrected chi connectivity index (χ3v) is 5.18. The lowest BCUT2D eigenvalue weighted by Gasteiger charge is -2.24. The Labute approximate surface area is 130 Å². The van der Waals surface area contributed by atoms with Crippen molar-refractivity contribution in [3.05, 3.63) is 21.9 Å². The summed E-state index contributed by atoms with van der Waals surface area (Å²) in [6, 6.07) is 1.81. The number of amides is 2. The second kappa shape index (κ2) is 7.18. The molecule has 0 bridgehead atoms. The predicted molar refractivity (Wildman–Crippen MR) is 85.2 cm³/mol. The maximum atomic E-state index is 12.4. The van der Waals surface area contributed by atoms with Gasteiger partial charge in [-0.1, -0.05) is 20.8 Å². The lowest BCUT2D eigenvalue weighted by molar-refractivity contribution is -0.141. The minimum atomic E-state index is -0.357. The third kappa shape index (κ3) is 3.35. The van der Waals surface area contributed by atoms with E-state index in [4.69, 9.17) is 0 Å². The van der Waals surface area contributed by atoms with E-state index in [1.165, 1.54) is 15.3 Å². The number of likely N-dealkylation sites (tertiary alicyclic amines) is 1. The van der Waals surface area contributed by atoms with Gasteiger partial charge < -0.3 is 5.32 Å². The summed E-state index contributed by atoms with van der Waals surface area (Å²) in [5.74, 6) is -0.0867. The van der Waals surface area contributed by atoms with Crippen LogP contribution < -0.4 is 5.32 Å². The zero-order chi connectivity index (χ0) is 15.4. The molecule has 0 radical (unpaired) electrons. The molecule has 0 saturated carbocycles. The predicted octanol–water partition coefficient (Wildman–Crippen LogP) is 2.72. The number of hydrogen-bond acceptors (Lipinski definition) is 4. The second-order valence-corrected chi connectivity index (χ2v) is 6.43. The van der Waals surface area contributed by atoms with E-state index in [9.17, 15) is 9.59 Å². The van der Waals surface area contributed by atoms with Crippen molar-refractivity contribution < 1.29 is 9.59 Å². The molecular weight excluding hydrogens is 284 g/mol. The Balaban J connectivity index is 1.99. The molecule has 1 unspecified atom stereocenters. The molecule has 2 rings (SSSR count). The van der Waals surface area contributed by atoms with Crippen LogP contribution in [0.15, 0.2) is 11.4 Å². The Morgan fingerprint density at radius 3 is 2.67 bits per heavy atom. The number of nitrogens with zero attached hydrogens (tertiary/aromatic N) is 1. The fraction of sp³-hybridized carbons (Fsp3) is 0.625. The SMILES string of the molecule is CCc1ccsc1CNC1CC(=O)N(C(CC)CC)C1=O. The van der Waals surface area contributed by atoms with Gasteiger partial charge in [0.15, 0.2) is 0 Å². The molecule has 0 aromatic carbocycles. The highest BCUT2D eigenvalue weighted by molar-refractivity contribution is 7.10. The number of rotatable bonds is 7. The molecule has 1 N–H and O–H groups in total. The summed E-state index contributed by atoms with van der Waals surface area (Å²) < 4.78 is 0. The van der Waals surface area contributed by atoms with Gasteiger partial charge in [0, 0.05) is 17.5 Å². The molecule has 21 heavy (non-hydrogen) atoms. The fourth-order valence-electron chi connectivity index (χ4n) is 2.90. The lowest BCUT2D eigenvalue weighted by Crippen LogP contribution is -2.43.